The number of nitrogens with zero attached hydrogens (tertiary/aromatic N) is 1. The van der Waals surface area contributed by atoms with Gasteiger partial charge in [-0.05, 0) is 24.3 Å². The van der Waals surface area contributed by atoms with E-state index in [4.69, 9.17) is 4.42 Å². The van der Waals surface area contributed by atoms with Crippen LogP contribution in [0.15, 0.2) is 41.0 Å². The largest absolute Gasteiger partial charge is 0.459 e. The van der Waals surface area contributed by atoms with Crippen molar-refractivity contribution in [3.8, 4) is 0 Å². The highest BCUT2D eigenvalue weighted by Crippen LogP contribution is 2.27. The summed E-state index contributed by atoms with van der Waals surface area (Å²) in [5.74, 6) is -0.122. The molecule has 0 aliphatic carbocycles. The first kappa shape index (κ1) is 14.9. The molecule has 5 nitrogen and oxygen atoms in total. The van der Waals surface area contributed by atoms with Crippen molar-refractivity contribution in [2.45, 2.75) is 6.18 Å². The Kier molecular flexibility index (Phi) is 4.46. The number of aromatic nitrogens is 1. The van der Waals surface area contributed by atoms with E-state index in [1.165, 1.54) is 24.5 Å². The van der Waals surface area contributed by atoms with E-state index in [-0.39, 0.29) is 30.6 Å². The zero-order valence-electron chi connectivity index (χ0n) is 10.8. The molecule has 0 bridgehead atoms. The third-order valence-corrected chi connectivity index (χ3v) is 2.50. The number of hydrogen-bond donors (Lipinski definition) is 2. The number of nitrogens with one attached hydrogen (secondary N) is 2. The Hall–Kier alpha value is -2.51. The van der Waals surface area contributed by atoms with Gasteiger partial charge in [0.05, 0.1) is 6.26 Å². The van der Waals surface area contributed by atoms with Gasteiger partial charge in [-0.1, -0.05) is 6.07 Å². The van der Waals surface area contributed by atoms with Crippen molar-refractivity contribution < 1.29 is 22.4 Å². The number of rotatable bonds is 5. The first-order valence-electron chi connectivity index (χ1n) is 6.06. The SMILES string of the molecule is O=C(NCCNc1cccc(C(F)(F)F)n1)c1ccco1. The molecular weight excluding hydrogens is 287 g/mol. The molecule has 2 aromatic rings. The molecule has 112 valence electrons. The Bertz CT molecular complexity index is 597. The van der Waals surface area contributed by atoms with E-state index in [0.717, 1.165) is 6.07 Å². The number of carbonyl (C=O) groups excluding carboxylic acids is 1. The van der Waals surface area contributed by atoms with E-state index >= 15 is 0 Å². The van der Waals surface area contributed by atoms with E-state index in [9.17, 15) is 18.0 Å². The molecule has 2 aromatic heterocycles. The van der Waals surface area contributed by atoms with Gasteiger partial charge < -0.3 is 15.1 Å². The van der Waals surface area contributed by atoms with Crippen molar-refractivity contribution in [2.75, 3.05) is 18.4 Å². The summed E-state index contributed by atoms with van der Waals surface area (Å²) in [5, 5.41) is 5.26. The van der Waals surface area contributed by atoms with Gasteiger partial charge in [0.2, 0.25) is 0 Å². The van der Waals surface area contributed by atoms with Crippen LogP contribution in [0.4, 0.5) is 19.0 Å². The number of hydrogen-bond acceptors (Lipinski definition) is 4. The molecule has 2 N–H and O–H groups in total. The minimum atomic E-state index is -4.48. The highest BCUT2D eigenvalue weighted by atomic mass is 19.4. The third-order valence-electron chi connectivity index (χ3n) is 2.50. The zero-order chi connectivity index (χ0) is 15.3. The first-order valence-corrected chi connectivity index (χ1v) is 6.06. The van der Waals surface area contributed by atoms with Gasteiger partial charge in [-0.3, -0.25) is 4.79 Å². The molecule has 8 heteroatoms. The van der Waals surface area contributed by atoms with Crippen LogP contribution >= 0.6 is 0 Å². The molecule has 0 spiro atoms. The Balaban J connectivity index is 1.80. The molecule has 0 aliphatic rings. The van der Waals surface area contributed by atoms with Gasteiger partial charge in [0, 0.05) is 13.1 Å². The van der Waals surface area contributed by atoms with Crippen molar-refractivity contribution in [3.05, 3.63) is 48.0 Å². The number of pyridine rings is 1. The maximum atomic E-state index is 12.5. The van der Waals surface area contributed by atoms with Gasteiger partial charge in [0.15, 0.2) is 5.76 Å². The zero-order valence-corrected chi connectivity index (χ0v) is 10.8. The quantitative estimate of drug-likeness (QED) is 0.833. The number of anilines is 1. The standard InChI is InChI=1S/C13H12F3N3O2/c14-13(15,16)10-4-1-5-11(19-10)17-6-7-18-12(20)9-3-2-8-21-9/h1-5,8H,6-7H2,(H,17,19)(H,18,20). The monoisotopic (exact) mass is 299 g/mol. The molecule has 2 rings (SSSR count). The minimum Gasteiger partial charge on any atom is -0.459 e. The smallest absolute Gasteiger partial charge is 0.433 e. The second-order valence-corrected chi connectivity index (χ2v) is 4.07. The molecule has 0 atom stereocenters. The molecule has 0 aromatic carbocycles. The fourth-order valence-corrected chi connectivity index (χ4v) is 1.55. The van der Waals surface area contributed by atoms with Crippen molar-refractivity contribution in [2.24, 2.45) is 0 Å². The highest BCUT2D eigenvalue weighted by molar-refractivity contribution is 5.91. The number of alkyl halides is 3. The van der Waals surface area contributed by atoms with Crippen LogP contribution in [0.2, 0.25) is 0 Å². The van der Waals surface area contributed by atoms with Crippen LogP contribution in [0.25, 0.3) is 0 Å². The topological polar surface area (TPSA) is 67.2 Å². The minimum absolute atomic E-state index is 0.0945. The van der Waals surface area contributed by atoms with Gasteiger partial charge in [-0.25, -0.2) is 4.98 Å². The van der Waals surface area contributed by atoms with E-state index in [1.807, 2.05) is 0 Å². The molecule has 0 saturated carbocycles. The molecule has 21 heavy (non-hydrogen) atoms. The molecule has 0 fully saturated rings. The third kappa shape index (κ3) is 4.23. The van der Waals surface area contributed by atoms with Crippen LogP contribution in [0.1, 0.15) is 16.2 Å². The second-order valence-electron chi connectivity index (χ2n) is 4.07. The van der Waals surface area contributed by atoms with Gasteiger partial charge in [0.1, 0.15) is 11.5 Å². The fourth-order valence-electron chi connectivity index (χ4n) is 1.55. The Morgan fingerprint density at radius 1 is 1.19 bits per heavy atom. The lowest BCUT2D eigenvalue weighted by atomic mass is 10.3. The predicted octanol–water partition coefficient (Wildman–Crippen LogP) is 2.54. The average Bonchev–Trinajstić information content (AvgIpc) is 2.97. The number of carbonyl (C=O) groups is 1. The van der Waals surface area contributed by atoms with Crippen molar-refractivity contribution >= 4 is 11.7 Å². The van der Waals surface area contributed by atoms with E-state index in [1.54, 1.807) is 6.07 Å². The Morgan fingerprint density at radius 2 is 2.00 bits per heavy atom. The van der Waals surface area contributed by atoms with Crippen LogP contribution in [0, 0.1) is 0 Å². The summed E-state index contributed by atoms with van der Waals surface area (Å²) < 4.78 is 42.3. The summed E-state index contributed by atoms with van der Waals surface area (Å²) >= 11 is 0. The maximum absolute atomic E-state index is 12.5. The number of amides is 1. The lowest BCUT2D eigenvalue weighted by Gasteiger charge is -2.09. The molecule has 0 unspecified atom stereocenters. The maximum Gasteiger partial charge on any atom is 0.433 e. The first-order chi connectivity index (χ1) is 9.97. The van der Waals surface area contributed by atoms with Gasteiger partial charge >= 0.3 is 6.18 Å². The van der Waals surface area contributed by atoms with Crippen molar-refractivity contribution in [1.82, 2.24) is 10.3 Å². The molecule has 2 heterocycles. The Morgan fingerprint density at radius 3 is 2.67 bits per heavy atom. The number of furan rings is 1. The summed E-state index contributed by atoms with van der Waals surface area (Å²) in [5.41, 5.74) is -0.966. The van der Waals surface area contributed by atoms with E-state index in [0.29, 0.717) is 0 Å². The highest BCUT2D eigenvalue weighted by Gasteiger charge is 2.32. The Labute approximate surface area is 118 Å². The van der Waals surface area contributed by atoms with E-state index < -0.39 is 11.9 Å². The molecular formula is C13H12F3N3O2. The van der Waals surface area contributed by atoms with E-state index in [2.05, 4.69) is 15.6 Å². The van der Waals surface area contributed by atoms with Crippen LogP contribution in [-0.2, 0) is 6.18 Å². The molecule has 1 amide bonds. The summed E-state index contributed by atoms with van der Waals surface area (Å²) in [4.78, 5) is 14.9. The van der Waals surface area contributed by atoms with Crippen LogP contribution in [0.3, 0.4) is 0 Å². The lowest BCUT2D eigenvalue weighted by Crippen LogP contribution is -2.28. The van der Waals surface area contributed by atoms with Gasteiger partial charge in [0.25, 0.3) is 5.91 Å². The summed E-state index contributed by atoms with van der Waals surface area (Å²) in [6.45, 7) is 0.457. The van der Waals surface area contributed by atoms with Crippen molar-refractivity contribution in [3.63, 3.8) is 0 Å². The van der Waals surface area contributed by atoms with Crippen molar-refractivity contribution in [1.29, 1.82) is 0 Å². The summed E-state index contributed by atoms with van der Waals surface area (Å²) in [6.07, 6.45) is -3.11. The van der Waals surface area contributed by atoms with Gasteiger partial charge in [-0.2, -0.15) is 13.2 Å². The lowest BCUT2D eigenvalue weighted by molar-refractivity contribution is -0.141. The van der Waals surface area contributed by atoms with Crippen LogP contribution < -0.4 is 10.6 Å². The summed E-state index contributed by atoms with van der Waals surface area (Å²) in [6, 6.07) is 6.67. The summed E-state index contributed by atoms with van der Waals surface area (Å²) in [7, 11) is 0. The number of halogens is 3. The fraction of sp³-hybridized carbons (Fsp3) is 0.231. The molecule has 0 saturated heterocycles. The predicted molar refractivity (Wildman–Crippen MR) is 68.8 cm³/mol. The normalized spacial score (nSPS) is 11.2. The second kappa shape index (κ2) is 6.29. The van der Waals surface area contributed by atoms with Crippen LogP contribution in [-0.4, -0.2) is 24.0 Å². The van der Waals surface area contributed by atoms with Crippen LogP contribution in [0.5, 0.6) is 0 Å². The van der Waals surface area contributed by atoms with Gasteiger partial charge in [-0.15, -0.1) is 0 Å². The average molecular weight is 299 g/mol. The molecule has 0 aliphatic heterocycles. The molecule has 0 radical (unpaired) electrons.